The Morgan fingerprint density at radius 1 is 0.850 bits per heavy atom. The molecule has 9 heteroatoms. The fraction of sp³-hybridized carbons (Fsp3) is 0.0968. The minimum absolute atomic E-state index is 0.00932. The van der Waals surface area contributed by atoms with Crippen molar-refractivity contribution in [1.82, 2.24) is 4.68 Å². The molecule has 0 unspecified atom stereocenters. The Hall–Kier alpha value is -4.76. The highest BCUT2D eigenvalue weighted by molar-refractivity contribution is 7.07. The summed E-state index contributed by atoms with van der Waals surface area (Å²) in [4.78, 5) is 4.84. The molecule has 0 aliphatic rings. The number of rotatable bonds is 9. The van der Waals surface area contributed by atoms with Gasteiger partial charge in [0.2, 0.25) is 4.80 Å². The van der Waals surface area contributed by atoms with Gasteiger partial charge in [0.15, 0.2) is 17.3 Å². The summed E-state index contributed by atoms with van der Waals surface area (Å²) in [5, 5.41) is 6.56. The van der Waals surface area contributed by atoms with E-state index in [0.29, 0.717) is 28.7 Å². The average Bonchev–Trinajstić information content (AvgIpc) is 3.39. The van der Waals surface area contributed by atoms with E-state index in [1.165, 1.54) is 23.5 Å². The molecule has 202 valence electrons. The van der Waals surface area contributed by atoms with Crippen molar-refractivity contribution in [3.8, 4) is 28.5 Å². The molecule has 0 bridgehead atoms. The first-order chi connectivity index (χ1) is 19.5. The largest absolute Gasteiger partial charge is 0.497 e. The number of hydrogen-bond donors (Lipinski definition) is 0. The lowest BCUT2D eigenvalue weighted by atomic mass is 10.2. The molecule has 1 heterocycles. The Balaban J connectivity index is 1.50. The monoisotopic (exact) mass is 557 g/mol. The van der Waals surface area contributed by atoms with Gasteiger partial charge in [-0.1, -0.05) is 30.3 Å². The second kappa shape index (κ2) is 12.4. The van der Waals surface area contributed by atoms with E-state index in [9.17, 15) is 8.78 Å². The maximum absolute atomic E-state index is 14.4. The summed E-state index contributed by atoms with van der Waals surface area (Å²) >= 11 is 1.28. The number of methoxy groups -OCH3 is 2. The van der Waals surface area contributed by atoms with Gasteiger partial charge in [-0.2, -0.15) is 5.10 Å². The first-order valence-corrected chi connectivity index (χ1v) is 13.2. The zero-order valence-corrected chi connectivity index (χ0v) is 22.6. The van der Waals surface area contributed by atoms with Crippen molar-refractivity contribution in [2.24, 2.45) is 10.1 Å². The summed E-state index contributed by atoms with van der Waals surface area (Å²) in [6, 6.07) is 26.1. The quantitative estimate of drug-likeness (QED) is 0.180. The summed E-state index contributed by atoms with van der Waals surface area (Å²) in [6.45, 7) is 0.408. The predicted octanol–water partition coefficient (Wildman–Crippen LogP) is 7.21. The Labute approximate surface area is 234 Å². The maximum Gasteiger partial charge on any atom is 0.211 e. The predicted molar refractivity (Wildman–Crippen MR) is 153 cm³/mol. The number of aromatic nitrogens is 1. The van der Waals surface area contributed by atoms with Crippen molar-refractivity contribution < 1.29 is 23.0 Å². The van der Waals surface area contributed by atoms with Gasteiger partial charge in [-0.25, -0.2) is 18.4 Å². The van der Waals surface area contributed by atoms with Gasteiger partial charge < -0.3 is 14.2 Å². The summed E-state index contributed by atoms with van der Waals surface area (Å²) in [7, 11) is 3.18. The van der Waals surface area contributed by atoms with E-state index in [4.69, 9.17) is 14.2 Å². The van der Waals surface area contributed by atoms with Gasteiger partial charge in [0.1, 0.15) is 23.9 Å². The van der Waals surface area contributed by atoms with E-state index in [1.807, 2.05) is 78.2 Å². The van der Waals surface area contributed by atoms with Crippen molar-refractivity contribution in [2.75, 3.05) is 14.2 Å². The lowest BCUT2D eigenvalue weighted by Gasteiger charge is -2.11. The number of ether oxygens (including phenoxy) is 3. The highest BCUT2D eigenvalue weighted by atomic mass is 32.1. The van der Waals surface area contributed by atoms with Gasteiger partial charge in [-0.05, 0) is 65.7 Å². The lowest BCUT2D eigenvalue weighted by Crippen LogP contribution is -2.11. The van der Waals surface area contributed by atoms with Gasteiger partial charge in [-0.15, -0.1) is 11.3 Å². The second-order valence-electron chi connectivity index (χ2n) is 8.58. The van der Waals surface area contributed by atoms with Crippen LogP contribution >= 0.6 is 11.3 Å². The lowest BCUT2D eigenvalue weighted by molar-refractivity contribution is 0.284. The van der Waals surface area contributed by atoms with Crippen LogP contribution in [-0.2, 0) is 6.61 Å². The molecule has 0 saturated carbocycles. The van der Waals surface area contributed by atoms with Crippen molar-refractivity contribution >= 4 is 23.2 Å². The van der Waals surface area contributed by atoms with Gasteiger partial charge in [-0.3, -0.25) is 0 Å². The number of nitrogens with zero attached hydrogens (tertiary/aromatic N) is 3. The van der Waals surface area contributed by atoms with Crippen LogP contribution in [0.5, 0.6) is 17.2 Å². The zero-order valence-electron chi connectivity index (χ0n) is 21.8. The fourth-order valence-corrected chi connectivity index (χ4v) is 4.72. The standard InChI is InChI=1S/C31H25F2N3O3S/c1-37-25-12-9-23(10-13-25)28-20-40-31(35-27-14-11-24(32)17-26(27)33)36(28)34-18-22-8-15-29(30(16-22)38-2)39-19-21-6-4-3-5-7-21/h3-18,20H,19H2,1-2H3/b34-18+,35-31?. The first-order valence-electron chi connectivity index (χ1n) is 12.3. The van der Waals surface area contributed by atoms with Crippen LogP contribution in [0.25, 0.3) is 11.3 Å². The summed E-state index contributed by atoms with van der Waals surface area (Å²) in [5.41, 5.74) is 3.40. The van der Waals surface area contributed by atoms with E-state index >= 15 is 0 Å². The van der Waals surface area contributed by atoms with Crippen LogP contribution in [0.1, 0.15) is 11.1 Å². The Bertz CT molecular complexity index is 1700. The smallest absolute Gasteiger partial charge is 0.211 e. The van der Waals surface area contributed by atoms with E-state index in [-0.39, 0.29) is 5.69 Å². The van der Waals surface area contributed by atoms with Gasteiger partial charge >= 0.3 is 0 Å². The van der Waals surface area contributed by atoms with Crippen LogP contribution in [0.2, 0.25) is 0 Å². The Morgan fingerprint density at radius 2 is 1.65 bits per heavy atom. The van der Waals surface area contributed by atoms with Gasteiger partial charge in [0, 0.05) is 17.0 Å². The topological polar surface area (TPSA) is 57.3 Å². The van der Waals surface area contributed by atoms with Crippen molar-refractivity contribution in [3.63, 3.8) is 0 Å². The Morgan fingerprint density at radius 3 is 2.38 bits per heavy atom. The molecule has 5 rings (SSSR count). The van der Waals surface area contributed by atoms with Crippen molar-refractivity contribution in [3.05, 3.63) is 124 Å². The molecule has 0 N–H and O–H groups in total. The Kier molecular flexibility index (Phi) is 8.32. The van der Waals surface area contributed by atoms with Crippen LogP contribution in [-0.4, -0.2) is 25.1 Å². The van der Waals surface area contributed by atoms with Crippen molar-refractivity contribution in [1.29, 1.82) is 0 Å². The number of thiazole rings is 1. The highest BCUT2D eigenvalue weighted by Crippen LogP contribution is 2.29. The first kappa shape index (κ1) is 26.8. The van der Waals surface area contributed by atoms with Gasteiger partial charge in [0.05, 0.1) is 26.1 Å². The van der Waals surface area contributed by atoms with Gasteiger partial charge in [0.25, 0.3) is 0 Å². The third kappa shape index (κ3) is 6.27. The number of benzene rings is 4. The van der Waals surface area contributed by atoms with E-state index in [1.54, 1.807) is 25.1 Å². The molecule has 1 aromatic heterocycles. The van der Waals surface area contributed by atoms with Crippen molar-refractivity contribution in [2.45, 2.75) is 6.61 Å². The van der Waals surface area contributed by atoms with Crippen LogP contribution < -0.4 is 19.0 Å². The fourth-order valence-electron chi connectivity index (χ4n) is 3.87. The van der Waals surface area contributed by atoms with Crippen LogP contribution in [0, 0.1) is 11.6 Å². The molecule has 0 atom stereocenters. The molecule has 0 aliphatic heterocycles. The number of halogens is 2. The molecule has 4 aromatic carbocycles. The van der Waals surface area contributed by atoms with Crippen LogP contribution in [0.15, 0.2) is 106 Å². The van der Waals surface area contributed by atoms with Crippen LogP contribution in [0.3, 0.4) is 0 Å². The molecule has 0 fully saturated rings. The number of hydrogen-bond acceptors (Lipinski definition) is 6. The van der Waals surface area contributed by atoms with E-state index < -0.39 is 11.6 Å². The minimum atomic E-state index is -0.759. The maximum atomic E-state index is 14.4. The minimum Gasteiger partial charge on any atom is -0.497 e. The van der Waals surface area contributed by atoms with E-state index in [0.717, 1.165) is 28.5 Å². The molecule has 6 nitrogen and oxygen atoms in total. The SMILES string of the molecule is COc1ccc(-c2csc(=Nc3ccc(F)cc3F)n2/N=C/c2ccc(OCc3ccccc3)c(OC)c2)cc1. The third-order valence-corrected chi connectivity index (χ3v) is 6.76. The molecule has 0 aliphatic carbocycles. The summed E-state index contributed by atoms with van der Waals surface area (Å²) in [6.07, 6.45) is 1.66. The highest BCUT2D eigenvalue weighted by Gasteiger charge is 2.11. The summed E-state index contributed by atoms with van der Waals surface area (Å²) < 4.78 is 46.3. The van der Waals surface area contributed by atoms with Crippen LogP contribution in [0.4, 0.5) is 14.5 Å². The molecule has 0 amide bonds. The second-order valence-corrected chi connectivity index (χ2v) is 9.42. The molecule has 5 aromatic rings. The molecule has 0 spiro atoms. The normalized spacial score (nSPS) is 11.7. The zero-order chi connectivity index (χ0) is 27.9. The molecule has 0 saturated heterocycles. The molecular formula is C31H25F2N3O3S. The molecule has 0 radical (unpaired) electrons. The molecule has 40 heavy (non-hydrogen) atoms. The van der Waals surface area contributed by atoms with E-state index in [2.05, 4.69) is 10.1 Å². The molecular weight excluding hydrogens is 532 g/mol. The summed E-state index contributed by atoms with van der Waals surface area (Å²) in [5.74, 6) is 0.453. The third-order valence-electron chi connectivity index (χ3n) is 5.94. The average molecular weight is 558 g/mol.